The number of ether oxygens (including phenoxy) is 2. The van der Waals surface area contributed by atoms with E-state index in [-0.39, 0.29) is 24.7 Å². The lowest BCUT2D eigenvalue weighted by Crippen LogP contribution is -2.15. The standard InChI is InChI=1S/C23H40O6/c1-4-6-7-13-16-19(24)17-14-11-9-8-10-12-15-18-20(22(26)28-3)21(25)23(27)29-5-2/h11,14,19,24-25H,4-10,12-13,15-18H2,1-3H3. The van der Waals surface area contributed by atoms with Gasteiger partial charge < -0.3 is 19.7 Å². The summed E-state index contributed by atoms with van der Waals surface area (Å²) in [7, 11) is 1.22. The Morgan fingerprint density at radius 3 is 2.28 bits per heavy atom. The summed E-state index contributed by atoms with van der Waals surface area (Å²) in [4.78, 5) is 23.4. The highest BCUT2D eigenvalue weighted by Gasteiger charge is 2.21. The Kier molecular flexibility index (Phi) is 17.1. The predicted octanol–water partition coefficient (Wildman–Crippen LogP) is 5.15. The van der Waals surface area contributed by atoms with Gasteiger partial charge in [-0.15, -0.1) is 0 Å². The van der Waals surface area contributed by atoms with E-state index in [1.165, 1.54) is 26.4 Å². The maximum Gasteiger partial charge on any atom is 0.373 e. The molecule has 1 atom stereocenters. The van der Waals surface area contributed by atoms with Crippen LogP contribution in [0.3, 0.4) is 0 Å². The Morgan fingerprint density at radius 2 is 1.62 bits per heavy atom. The number of aliphatic hydroxyl groups is 2. The molecule has 0 rings (SSSR count). The fourth-order valence-electron chi connectivity index (χ4n) is 2.98. The Labute approximate surface area is 176 Å². The van der Waals surface area contributed by atoms with Crippen LogP contribution >= 0.6 is 0 Å². The second-order valence-corrected chi connectivity index (χ2v) is 7.20. The lowest BCUT2D eigenvalue weighted by atomic mass is 10.0. The lowest BCUT2D eigenvalue weighted by Gasteiger charge is -2.08. The third kappa shape index (κ3) is 13.9. The molecule has 0 radical (unpaired) electrons. The number of aliphatic hydroxyl groups excluding tert-OH is 2. The van der Waals surface area contributed by atoms with E-state index in [1.54, 1.807) is 6.92 Å². The van der Waals surface area contributed by atoms with Gasteiger partial charge >= 0.3 is 11.9 Å². The van der Waals surface area contributed by atoms with Crippen LogP contribution in [0.5, 0.6) is 0 Å². The molecule has 168 valence electrons. The number of hydrogen-bond acceptors (Lipinski definition) is 6. The average Bonchev–Trinajstić information content (AvgIpc) is 2.71. The Hall–Kier alpha value is -1.82. The molecule has 0 bridgehead atoms. The maximum absolute atomic E-state index is 11.8. The highest BCUT2D eigenvalue weighted by Crippen LogP contribution is 2.16. The van der Waals surface area contributed by atoms with Crippen LogP contribution in [0, 0.1) is 0 Å². The fraction of sp³-hybridized carbons (Fsp3) is 0.739. The van der Waals surface area contributed by atoms with E-state index < -0.39 is 17.7 Å². The monoisotopic (exact) mass is 412 g/mol. The molecular formula is C23H40O6. The molecule has 2 N–H and O–H groups in total. The van der Waals surface area contributed by atoms with Gasteiger partial charge in [0.25, 0.3) is 0 Å². The van der Waals surface area contributed by atoms with Crippen molar-refractivity contribution >= 4 is 11.9 Å². The first-order valence-electron chi connectivity index (χ1n) is 11.0. The zero-order valence-electron chi connectivity index (χ0n) is 18.5. The summed E-state index contributed by atoms with van der Waals surface area (Å²) in [5.41, 5.74) is -0.0289. The first-order chi connectivity index (χ1) is 14.0. The molecule has 0 aromatic rings. The van der Waals surface area contributed by atoms with Gasteiger partial charge in [-0.05, 0) is 45.4 Å². The van der Waals surface area contributed by atoms with Crippen LogP contribution in [0.25, 0.3) is 0 Å². The molecule has 0 saturated carbocycles. The predicted molar refractivity (Wildman–Crippen MR) is 115 cm³/mol. The normalized spacial score (nSPS) is 13.2. The number of carbonyl (C=O) groups is 2. The van der Waals surface area contributed by atoms with Gasteiger partial charge in [0.05, 0.1) is 25.4 Å². The molecule has 1 unspecified atom stereocenters. The number of rotatable bonds is 17. The third-order valence-electron chi connectivity index (χ3n) is 4.70. The fourth-order valence-corrected chi connectivity index (χ4v) is 2.98. The molecule has 0 saturated heterocycles. The molecule has 0 aromatic heterocycles. The summed E-state index contributed by atoms with van der Waals surface area (Å²) in [6.45, 7) is 3.94. The largest absolute Gasteiger partial charge is 0.501 e. The van der Waals surface area contributed by atoms with Gasteiger partial charge in [0.1, 0.15) is 0 Å². The molecular weight excluding hydrogens is 372 g/mol. The SMILES string of the molecule is CCCCCCC(O)CC=CCCCCCCC(C(=O)OC)=C(O)C(=O)OCC. The molecule has 0 aromatic carbocycles. The van der Waals surface area contributed by atoms with Crippen LogP contribution < -0.4 is 0 Å². The number of allylic oxidation sites excluding steroid dienone is 1. The van der Waals surface area contributed by atoms with E-state index in [0.29, 0.717) is 12.8 Å². The Morgan fingerprint density at radius 1 is 0.931 bits per heavy atom. The summed E-state index contributed by atoms with van der Waals surface area (Å²) in [5.74, 6) is -2.26. The van der Waals surface area contributed by atoms with Gasteiger partial charge in [-0.25, -0.2) is 9.59 Å². The quantitative estimate of drug-likeness (QED) is 0.113. The van der Waals surface area contributed by atoms with Crippen LogP contribution in [0.15, 0.2) is 23.5 Å². The molecule has 6 nitrogen and oxygen atoms in total. The zero-order chi connectivity index (χ0) is 21.9. The molecule has 0 heterocycles. The van der Waals surface area contributed by atoms with E-state index >= 15 is 0 Å². The van der Waals surface area contributed by atoms with E-state index in [1.807, 2.05) is 0 Å². The second-order valence-electron chi connectivity index (χ2n) is 7.20. The summed E-state index contributed by atoms with van der Waals surface area (Å²) in [6.07, 6.45) is 15.0. The van der Waals surface area contributed by atoms with Gasteiger partial charge in [0.15, 0.2) is 0 Å². The van der Waals surface area contributed by atoms with Crippen LogP contribution in [0.2, 0.25) is 0 Å². The van der Waals surface area contributed by atoms with Crippen molar-refractivity contribution in [3.8, 4) is 0 Å². The number of unbranched alkanes of at least 4 members (excludes halogenated alkanes) is 7. The van der Waals surface area contributed by atoms with Crippen molar-refractivity contribution in [1.29, 1.82) is 0 Å². The van der Waals surface area contributed by atoms with Gasteiger partial charge in [-0.3, -0.25) is 0 Å². The summed E-state index contributed by atoms with van der Waals surface area (Å²) in [6, 6.07) is 0. The topological polar surface area (TPSA) is 93.1 Å². The van der Waals surface area contributed by atoms with Crippen molar-refractivity contribution in [1.82, 2.24) is 0 Å². The van der Waals surface area contributed by atoms with Gasteiger partial charge in [0.2, 0.25) is 5.76 Å². The minimum atomic E-state index is -0.898. The molecule has 0 amide bonds. The van der Waals surface area contributed by atoms with Crippen molar-refractivity contribution in [2.24, 2.45) is 0 Å². The second kappa shape index (κ2) is 18.2. The summed E-state index contributed by atoms with van der Waals surface area (Å²) < 4.78 is 9.38. The highest BCUT2D eigenvalue weighted by molar-refractivity contribution is 5.98. The lowest BCUT2D eigenvalue weighted by molar-refractivity contribution is -0.143. The highest BCUT2D eigenvalue weighted by atomic mass is 16.5. The third-order valence-corrected chi connectivity index (χ3v) is 4.70. The van der Waals surface area contributed by atoms with Crippen LogP contribution in [-0.2, 0) is 19.1 Å². The van der Waals surface area contributed by atoms with Crippen molar-refractivity contribution < 1.29 is 29.3 Å². The van der Waals surface area contributed by atoms with Crippen LogP contribution in [-0.4, -0.2) is 42.0 Å². The summed E-state index contributed by atoms with van der Waals surface area (Å²) >= 11 is 0. The van der Waals surface area contributed by atoms with Crippen molar-refractivity contribution in [2.45, 2.75) is 97.0 Å². The number of hydrogen-bond donors (Lipinski definition) is 2. The number of carbonyl (C=O) groups excluding carboxylic acids is 2. The summed E-state index contributed by atoms with van der Waals surface area (Å²) in [5, 5.41) is 19.8. The Balaban J connectivity index is 4.02. The molecule has 6 heteroatoms. The van der Waals surface area contributed by atoms with E-state index in [9.17, 15) is 19.8 Å². The van der Waals surface area contributed by atoms with Gasteiger partial charge in [-0.2, -0.15) is 0 Å². The van der Waals surface area contributed by atoms with Crippen LogP contribution in [0.4, 0.5) is 0 Å². The van der Waals surface area contributed by atoms with E-state index in [4.69, 9.17) is 4.74 Å². The van der Waals surface area contributed by atoms with Gasteiger partial charge in [-0.1, -0.05) is 57.6 Å². The minimum absolute atomic E-state index is 0.0289. The number of methoxy groups -OCH3 is 1. The first-order valence-corrected chi connectivity index (χ1v) is 11.0. The number of esters is 2. The molecule has 0 spiro atoms. The molecule has 0 aliphatic heterocycles. The van der Waals surface area contributed by atoms with Crippen molar-refractivity contribution in [3.63, 3.8) is 0 Å². The molecule has 0 aliphatic carbocycles. The molecule has 0 fully saturated rings. The maximum atomic E-state index is 11.8. The van der Waals surface area contributed by atoms with Crippen LogP contribution in [0.1, 0.15) is 90.9 Å². The molecule has 0 aliphatic rings. The molecule has 29 heavy (non-hydrogen) atoms. The first kappa shape index (κ1) is 27.2. The Bertz CT molecular complexity index is 509. The van der Waals surface area contributed by atoms with Crippen molar-refractivity contribution in [3.05, 3.63) is 23.5 Å². The minimum Gasteiger partial charge on any atom is -0.501 e. The van der Waals surface area contributed by atoms with Crippen molar-refractivity contribution in [2.75, 3.05) is 13.7 Å². The average molecular weight is 413 g/mol. The smallest absolute Gasteiger partial charge is 0.373 e. The van der Waals surface area contributed by atoms with E-state index in [2.05, 4.69) is 23.8 Å². The van der Waals surface area contributed by atoms with Gasteiger partial charge in [0, 0.05) is 0 Å². The van der Waals surface area contributed by atoms with E-state index in [0.717, 1.165) is 38.5 Å². The zero-order valence-corrected chi connectivity index (χ0v) is 18.5.